The third-order valence-electron chi connectivity index (χ3n) is 3.82. The fraction of sp³-hybridized carbons (Fsp3) is 0.200. The minimum absolute atomic E-state index is 0.201. The molecule has 1 aromatic heterocycles. The smallest absolute Gasteiger partial charge is 0.306 e. The first-order valence-electron chi connectivity index (χ1n) is 8.05. The molecule has 3 rings (SSSR count). The molecule has 0 fully saturated rings. The summed E-state index contributed by atoms with van der Waals surface area (Å²) in [4.78, 5) is 16.2. The van der Waals surface area contributed by atoms with Crippen molar-refractivity contribution >= 4 is 5.97 Å². The predicted octanol–water partition coefficient (Wildman–Crippen LogP) is 3.61. The molecule has 0 radical (unpaired) electrons. The molecule has 0 N–H and O–H groups in total. The van der Waals surface area contributed by atoms with Gasteiger partial charge in [-0.2, -0.15) is 0 Å². The van der Waals surface area contributed by atoms with E-state index in [9.17, 15) is 4.79 Å². The van der Waals surface area contributed by atoms with Gasteiger partial charge in [0.05, 0.1) is 0 Å². The van der Waals surface area contributed by atoms with Crippen molar-refractivity contribution in [3.63, 3.8) is 0 Å². The number of aromatic nitrogens is 2. The number of rotatable bonds is 7. The molecule has 4 nitrogen and oxygen atoms in total. The summed E-state index contributed by atoms with van der Waals surface area (Å²) in [5, 5.41) is 0. The first-order chi connectivity index (χ1) is 11.8. The number of imidazole rings is 1. The summed E-state index contributed by atoms with van der Waals surface area (Å²) in [5.74, 6) is 0.556. The molecule has 0 unspecified atom stereocenters. The molecule has 0 aliphatic carbocycles. The molecule has 0 saturated carbocycles. The van der Waals surface area contributed by atoms with Gasteiger partial charge in [0.15, 0.2) is 0 Å². The Morgan fingerprint density at radius 1 is 0.958 bits per heavy atom. The van der Waals surface area contributed by atoms with E-state index in [0.717, 1.165) is 17.9 Å². The molecular weight excluding hydrogens is 300 g/mol. The number of hydrogen-bond donors (Lipinski definition) is 0. The molecular formula is C20H20N2O2. The fourth-order valence-electron chi connectivity index (χ4n) is 2.51. The Bertz CT molecular complexity index is 767. The number of carbonyl (C=O) groups is 1. The number of nitrogens with zero attached hydrogens (tertiary/aromatic N) is 2. The van der Waals surface area contributed by atoms with Gasteiger partial charge in [-0.3, -0.25) is 4.79 Å². The van der Waals surface area contributed by atoms with Crippen LogP contribution in [0.2, 0.25) is 0 Å². The highest BCUT2D eigenvalue weighted by molar-refractivity contribution is 5.69. The van der Waals surface area contributed by atoms with Gasteiger partial charge in [-0.15, -0.1) is 0 Å². The van der Waals surface area contributed by atoms with E-state index in [0.29, 0.717) is 12.8 Å². The van der Waals surface area contributed by atoms with Crippen molar-refractivity contribution in [2.24, 2.45) is 0 Å². The molecule has 3 aromatic rings. The Hall–Kier alpha value is -2.88. The Morgan fingerprint density at radius 3 is 2.33 bits per heavy atom. The number of carbonyl (C=O) groups excluding carboxylic acids is 1. The predicted molar refractivity (Wildman–Crippen MR) is 92.3 cm³/mol. The van der Waals surface area contributed by atoms with Crippen LogP contribution in [-0.4, -0.2) is 15.5 Å². The van der Waals surface area contributed by atoms with Crippen LogP contribution in [0.15, 0.2) is 73.1 Å². The number of aryl methyl sites for hydroxylation is 1. The van der Waals surface area contributed by atoms with Crippen LogP contribution < -0.4 is 0 Å². The summed E-state index contributed by atoms with van der Waals surface area (Å²) >= 11 is 0. The van der Waals surface area contributed by atoms with Crippen LogP contribution in [-0.2, 0) is 29.1 Å². The molecule has 0 spiro atoms. The van der Waals surface area contributed by atoms with E-state index in [-0.39, 0.29) is 12.6 Å². The van der Waals surface area contributed by atoms with Crippen LogP contribution in [0.4, 0.5) is 0 Å². The van der Waals surface area contributed by atoms with Gasteiger partial charge in [-0.1, -0.05) is 60.7 Å². The summed E-state index contributed by atoms with van der Waals surface area (Å²) in [5.41, 5.74) is 2.33. The van der Waals surface area contributed by atoms with Crippen molar-refractivity contribution < 1.29 is 9.53 Å². The molecule has 0 amide bonds. The highest BCUT2D eigenvalue weighted by Gasteiger charge is 2.08. The van der Waals surface area contributed by atoms with Gasteiger partial charge in [-0.05, 0) is 17.5 Å². The zero-order valence-corrected chi connectivity index (χ0v) is 13.5. The second-order valence-electron chi connectivity index (χ2n) is 5.60. The Labute approximate surface area is 141 Å². The highest BCUT2D eigenvalue weighted by atomic mass is 16.5. The Kier molecular flexibility index (Phi) is 5.40. The maximum absolute atomic E-state index is 11.9. The fourth-order valence-corrected chi connectivity index (χ4v) is 2.51. The minimum Gasteiger partial charge on any atom is -0.457 e. The molecule has 1 heterocycles. The Balaban J connectivity index is 1.50. The van der Waals surface area contributed by atoms with E-state index in [2.05, 4.69) is 17.1 Å². The van der Waals surface area contributed by atoms with Crippen molar-refractivity contribution in [3.8, 4) is 0 Å². The molecule has 2 aromatic carbocycles. The van der Waals surface area contributed by atoms with Gasteiger partial charge in [-0.25, -0.2) is 4.98 Å². The maximum Gasteiger partial charge on any atom is 0.306 e. The number of hydrogen-bond acceptors (Lipinski definition) is 3. The third-order valence-corrected chi connectivity index (χ3v) is 3.82. The van der Waals surface area contributed by atoms with Crippen LogP contribution in [0, 0.1) is 0 Å². The first-order valence-corrected chi connectivity index (χ1v) is 8.05. The van der Waals surface area contributed by atoms with Crippen LogP contribution in [0.25, 0.3) is 0 Å². The lowest BCUT2D eigenvalue weighted by molar-refractivity contribution is -0.145. The lowest BCUT2D eigenvalue weighted by Gasteiger charge is -2.09. The van der Waals surface area contributed by atoms with Gasteiger partial charge in [0.1, 0.15) is 12.4 Å². The molecule has 0 aliphatic rings. The van der Waals surface area contributed by atoms with E-state index in [4.69, 9.17) is 4.74 Å². The number of esters is 1. The second-order valence-corrected chi connectivity index (χ2v) is 5.60. The summed E-state index contributed by atoms with van der Waals surface area (Å²) in [6.45, 7) is 0.922. The molecule has 122 valence electrons. The van der Waals surface area contributed by atoms with E-state index < -0.39 is 0 Å². The van der Waals surface area contributed by atoms with Crippen molar-refractivity contribution in [2.75, 3.05) is 0 Å². The van der Waals surface area contributed by atoms with Crippen molar-refractivity contribution in [1.82, 2.24) is 9.55 Å². The molecule has 0 aliphatic heterocycles. The van der Waals surface area contributed by atoms with E-state index >= 15 is 0 Å². The van der Waals surface area contributed by atoms with Gasteiger partial charge < -0.3 is 9.30 Å². The highest BCUT2D eigenvalue weighted by Crippen LogP contribution is 2.08. The molecule has 0 bridgehead atoms. The molecule has 0 atom stereocenters. The maximum atomic E-state index is 11.9. The van der Waals surface area contributed by atoms with Crippen LogP contribution in [0.5, 0.6) is 0 Å². The zero-order valence-electron chi connectivity index (χ0n) is 13.5. The van der Waals surface area contributed by atoms with Crippen LogP contribution in [0.3, 0.4) is 0 Å². The van der Waals surface area contributed by atoms with Gasteiger partial charge in [0.25, 0.3) is 0 Å². The molecule has 0 saturated heterocycles. The van der Waals surface area contributed by atoms with Gasteiger partial charge >= 0.3 is 5.97 Å². The van der Waals surface area contributed by atoms with Gasteiger partial charge in [0, 0.05) is 25.4 Å². The summed E-state index contributed by atoms with van der Waals surface area (Å²) < 4.78 is 7.36. The standard InChI is InChI=1S/C20H20N2O2/c23-20(12-11-17-7-3-1-4-8-17)24-16-19-21-13-14-22(19)15-18-9-5-2-6-10-18/h1-10,13-14H,11-12,15-16H2. The Morgan fingerprint density at radius 2 is 1.62 bits per heavy atom. The van der Waals surface area contributed by atoms with E-state index in [1.165, 1.54) is 5.56 Å². The number of ether oxygens (including phenoxy) is 1. The van der Waals surface area contributed by atoms with E-state index in [1.807, 2.05) is 59.3 Å². The lowest BCUT2D eigenvalue weighted by Crippen LogP contribution is -2.10. The van der Waals surface area contributed by atoms with Crippen molar-refractivity contribution in [2.45, 2.75) is 26.0 Å². The monoisotopic (exact) mass is 320 g/mol. The molecule has 4 heteroatoms. The quantitative estimate of drug-likeness (QED) is 0.625. The molecule has 24 heavy (non-hydrogen) atoms. The van der Waals surface area contributed by atoms with Crippen molar-refractivity contribution in [1.29, 1.82) is 0 Å². The zero-order chi connectivity index (χ0) is 16.6. The normalized spacial score (nSPS) is 10.5. The average Bonchev–Trinajstić information content (AvgIpc) is 3.07. The summed E-state index contributed by atoms with van der Waals surface area (Å²) in [6.07, 6.45) is 4.71. The van der Waals surface area contributed by atoms with Crippen LogP contribution in [0.1, 0.15) is 23.4 Å². The van der Waals surface area contributed by atoms with Gasteiger partial charge in [0.2, 0.25) is 0 Å². The lowest BCUT2D eigenvalue weighted by atomic mass is 10.1. The minimum atomic E-state index is -0.201. The van der Waals surface area contributed by atoms with Crippen LogP contribution >= 0.6 is 0 Å². The average molecular weight is 320 g/mol. The van der Waals surface area contributed by atoms with E-state index in [1.54, 1.807) is 6.20 Å². The summed E-state index contributed by atoms with van der Waals surface area (Å²) in [7, 11) is 0. The summed E-state index contributed by atoms with van der Waals surface area (Å²) in [6, 6.07) is 20.1. The largest absolute Gasteiger partial charge is 0.457 e. The SMILES string of the molecule is O=C(CCc1ccccc1)OCc1nccn1Cc1ccccc1. The number of benzene rings is 2. The van der Waals surface area contributed by atoms with Crippen molar-refractivity contribution in [3.05, 3.63) is 90.0 Å². The second kappa shape index (κ2) is 8.11. The first kappa shape index (κ1) is 16.0. The third kappa shape index (κ3) is 4.56. The topological polar surface area (TPSA) is 44.1 Å².